The molecule has 0 radical (unpaired) electrons. The van der Waals surface area contributed by atoms with Crippen LogP contribution < -0.4 is 5.11 Å². The third-order valence-electron chi connectivity index (χ3n) is 7.96. The van der Waals surface area contributed by atoms with Crippen molar-refractivity contribution >= 4 is 30.1 Å². The Bertz CT molecular complexity index is 1290. The van der Waals surface area contributed by atoms with Crippen LogP contribution in [0.2, 0.25) is 0 Å². The lowest BCUT2D eigenvalue weighted by atomic mass is 9.97. The molecule has 3 aromatic rings. The fourth-order valence-electron chi connectivity index (χ4n) is 5.63. The Morgan fingerprint density at radius 3 is 2.32 bits per heavy atom. The molecule has 5 rings (SSSR count). The summed E-state index contributed by atoms with van der Waals surface area (Å²) in [5.74, 6) is -0.125. The Balaban J connectivity index is 0.00000336. The average Bonchev–Trinajstić information content (AvgIpc) is 3.13. The highest BCUT2D eigenvalue weighted by molar-refractivity contribution is 5.97. The highest BCUT2D eigenvalue weighted by Gasteiger charge is 2.30. The Labute approximate surface area is 233 Å². The first kappa shape index (κ1) is 28.1. The van der Waals surface area contributed by atoms with Gasteiger partial charge in [0, 0.05) is 18.4 Å². The highest BCUT2D eigenvalue weighted by atomic mass is 35.5. The van der Waals surface area contributed by atoms with Gasteiger partial charge in [-0.3, -0.25) is 4.99 Å². The maximum Gasteiger partial charge on any atom is 0.104 e. The number of halogens is 1. The number of hydrogen-bond acceptors (Lipinski definition) is 3. The molecule has 5 heteroatoms. The quantitative estimate of drug-likeness (QED) is 0.203. The lowest BCUT2D eigenvalue weighted by Gasteiger charge is -2.40. The molecule has 0 bridgehead atoms. The Morgan fingerprint density at radius 1 is 0.921 bits per heavy atom. The molecule has 0 N–H and O–H groups in total. The fraction of sp³-hybridized carbons (Fsp3) is 0.364. The summed E-state index contributed by atoms with van der Waals surface area (Å²) in [6, 6.07) is 24.0. The Morgan fingerprint density at radius 2 is 1.61 bits per heavy atom. The normalized spacial score (nSPS) is 16.7. The van der Waals surface area contributed by atoms with E-state index in [4.69, 9.17) is 4.74 Å². The number of quaternary nitrogens is 1. The summed E-state index contributed by atoms with van der Waals surface area (Å²) in [7, 11) is 4.61. The summed E-state index contributed by atoms with van der Waals surface area (Å²) in [4.78, 5) is 4.49. The van der Waals surface area contributed by atoms with Crippen molar-refractivity contribution in [2.45, 2.75) is 51.6 Å². The zero-order chi connectivity index (χ0) is 25.8. The minimum Gasteiger partial charge on any atom is -0.858 e. The number of hydrogen-bond donors (Lipinski definition) is 0. The van der Waals surface area contributed by atoms with Gasteiger partial charge in [-0.25, -0.2) is 0 Å². The maximum absolute atomic E-state index is 13.2. The van der Waals surface area contributed by atoms with Gasteiger partial charge in [0.1, 0.15) is 6.54 Å². The summed E-state index contributed by atoms with van der Waals surface area (Å²) in [6.45, 7) is 4.79. The van der Waals surface area contributed by atoms with Gasteiger partial charge in [-0.2, -0.15) is 0 Å². The number of aliphatic imine (C=N–C) groups is 1. The van der Waals surface area contributed by atoms with Crippen molar-refractivity contribution in [3.05, 3.63) is 94.6 Å². The second kappa shape index (κ2) is 12.3. The summed E-state index contributed by atoms with van der Waals surface area (Å²) in [6.07, 6.45) is 6.98. The van der Waals surface area contributed by atoms with Crippen molar-refractivity contribution in [3.8, 4) is 11.1 Å². The smallest absolute Gasteiger partial charge is 0.104 e. The minimum atomic E-state index is -0.125. The molecular weight excluding hydrogens is 492 g/mol. The SMILES string of the molecule is Cc1ccc(-c2ccc3c(c2)C=C(C([O-])=Nc2ccc(C[N+](C)(C)C4CCOCC4)cc2)CCC3)cc1.Cl. The number of nitrogens with zero attached hydrogens (tertiary/aromatic N) is 2. The molecule has 1 aliphatic heterocycles. The van der Waals surface area contributed by atoms with Crippen LogP contribution in [0.3, 0.4) is 0 Å². The second-order valence-corrected chi connectivity index (χ2v) is 11.2. The van der Waals surface area contributed by atoms with Gasteiger partial charge in [0.25, 0.3) is 0 Å². The molecule has 0 atom stereocenters. The molecule has 0 unspecified atom stereocenters. The summed E-state index contributed by atoms with van der Waals surface area (Å²) < 4.78 is 6.50. The second-order valence-electron chi connectivity index (χ2n) is 11.2. The lowest BCUT2D eigenvalue weighted by molar-refractivity contribution is -0.929. The topological polar surface area (TPSA) is 44.7 Å². The van der Waals surface area contributed by atoms with Crippen molar-refractivity contribution in [2.24, 2.45) is 4.99 Å². The van der Waals surface area contributed by atoms with Crippen molar-refractivity contribution < 1.29 is 14.3 Å². The van der Waals surface area contributed by atoms with E-state index in [1.165, 1.54) is 27.8 Å². The van der Waals surface area contributed by atoms with Gasteiger partial charge in [-0.05, 0) is 78.1 Å². The van der Waals surface area contributed by atoms with Gasteiger partial charge in [0.2, 0.25) is 0 Å². The first-order valence-corrected chi connectivity index (χ1v) is 13.5. The Kier molecular flexibility index (Phi) is 9.09. The summed E-state index contributed by atoms with van der Waals surface area (Å²) >= 11 is 0. The highest BCUT2D eigenvalue weighted by Crippen LogP contribution is 2.29. The molecule has 38 heavy (non-hydrogen) atoms. The van der Waals surface area contributed by atoms with Crippen LogP contribution in [0.25, 0.3) is 17.2 Å². The van der Waals surface area contributed by atoms with Crippen LogP contribution in [0.4, 0.5) is 5.69 Å². The van der Waals surface area contributed by atoms with E-state index < -0.39 is 0 Å². The number of fused-ring (bicyclic) bond motifs is 1. The molecule has 1 heterocycles. The van der Waals surface area contributed by atoms with E-state index in [0.29, 0.717) is 6.04 Å². The molecule has 4 nitrogen and oxygen atoms in total. The van der Waals surface area contributed by atoms with E-state index in [9.17, 15) is 5.11 Å². The van der Waals surface area contributed by atoms with Crippen LogP contribution in [0.5, 0.6) is 0 Å². The van der Waals surface area contributed by atoms with E-state index in [0.717, 1.165) is 73.2 Å². The standard InChI is InChI=1S/C33H38N2O2.ClH/c1-24-7-11-27(12-8-24)28-14-13-26-5-4-6-29(22-30(26)21-28)33(36)34-31-15-9-25(10-16-31)23-35(2,3)32-17-19-37-20-18-32;/h7-16,21-22,32H,4-6,17-20,23H2,1-3H3;1H. The Hall–Kier alpha value is -2.92. The van der Waals surface area contributed by atoms with Gasteiger partial charge in [0.15, 0.2) is 0 Å². The van der Waals surface area contributed by atoms with Crippen molar-refractivity contribution in [3.63, 3.8) is 0 Å². The van der Waals surface area contributed by atoms with E-state index in [2.05, 4.69) is 86.7 Å². The van der Waals surface area contributed by atoms with Crippen LogP contribution in [-0.4, -0.2) is 43.7 Å². The molecule has 200 valence electrons. The molecule has 1 fully saturated rings. The monoisotopic (exact) mass is 530 g/mol. The molecule has 3 aromatic carbocycles. The van der Waals surface area contributed by atoms with Crippen LogP contribution in [0.1, 0.15) is 47.9 Å². The molecule has 0 amide bonds. The number of benzene rings is 3. The third kappa shape index (κ3) is 6.74. The van der Waals surface area contributed by atoms with E-state index >= 15 is 0 Å². The first-order valence-electron chi connectivity index (χ1n) is 13.5. The molecule has 0 spiro atoms. The van der Waals surface area contributed by atoms with E-state index in [-0.39, 0.29) is 18.3 Å². The third-order valence-corrected chi connectivity index (χ3v) is 7.96. The van der Waals surface area contributed by atoms with Crippen LogP contribution in [-0.2, 0) is 17.7 Å². The van der Waals surface area contributed by atoms with Crippen LogP contribution in [0, 0.1) is 6.92 Å². The number of ether oxygens (including phenoxy) is 1. The minimum absolute atomic E-state index is 0. The van der Waals surface area contributed by atoms with Gasteiger partial charge in [-0.1, -0.05) is 60.2 Å². The van der Waals surface area contributed by atoms with Crippen molar-refractivity contribution in [1.82, 2.24) is 0 Å². The van der Waals surface area contributed by atoms with Crippen molar-refractivity contribution in [2.75, 3.05) is 27.3 Å². The fourth-order valence-corrected chi connectivity index (χ4v) is 5.63. The predicted molar refractivity (Wildman–Crippen MR) is 158 cm³/mol. The molecule has 0 saturated carbocycles. The zero-order valence-electron chi connectivity index (χ0n) is 22.8. The summed E-state index contributed by atoms with van der Waals surface area (Å²) in [5.41, 5.74) is 8.86. The largest absolute Gasteiger partial charge is 0.858 e. The van der Waals surface area contributed by atoms with Crippen LogP contribution >= 0.6 is 12.4 Å². The molecule has 0 aromatic heterocycles. The zero-order valence-corrected chi connectivity index (χ0v) is 23.6. The summed E-state index contributed by atoms with van der Waals surface area (Å²) in [5, 5.41) is 13.2. The molecule has 1 aliphatic carbocycles. The molecular formula is C33H39ClN2O2. The average molecular weight is 531 g/mol. The van der Waals surface area contributed by atoms with E-state index in [1.807, 2.05) is 12.1 Å². The predicted octanol–water partition coefficient (Wildman–Crippen LogP) is 6.65. The van der Waals surface area contributed by atoms with Crippen LogP contribution in [0.15, 0.2) is 77.3 Å². The first-order chi connectivity index (χ1) is 17.9. The van der Waals surface area contributed by atoms with Gasteiger partial charge >= 0.3 is 0 Å². The molecule has 1 saturated heterocycles. The lowest BCUT2D eigenvalue weighted by Crippen LogP contribution is -2.50. The van der Waals surface area contributed by atoms with Gasteiger partial charge in [0.05, 0.1) is 39.0 Å². The number of rotatable bonds is 6. The maximum atomic E-state index is 13.2. The van der Waals surface area contributed by atoms with Gasteiger partial charge in [-0.15, -0.1) is 12.4 Å². The van der Waals surface area contributed by atoms with Crippen molar-refractivity contribution in [1.29, 1.82) is 0 Å². The van der Waals surface area contributed by atoms with E-state index in [1.54, 1.807) is 0 Å². The molecule has 2 aliphatic rings. The van der Waals surface area contributed by atoms with Gasteiger partial charge < -0.3 is 14.3 Å². The number of aryl methyl sites for hydroxylation is 2.